The summed E-state index contributed by atoms with van der Waals surface area (Å²) in [5.74, 6) is -0.256. The molecule has 0 amide bonds. The van der Waals surface area contributed by atoms with E-state index in [-0.39, 0.29) is 16.8 Å². The Morgan fingerprint density at radius 2 is 2.04 bits per heavy atom. The smallest absolute Gasteiger partial charge is 0.158 e. The molecule has 1 saturated carbocycles. The van der Waals surface area contributed by atoms with E-state index >= 15 is 0 Å². The molecule has 2 aliphatic carbocycles. The minimum atomic E-state index is -0.355. The Morgan fingerprint density at radius 3 is 2.78 bits per heavy atom. The van der Waals surface area contributed by atoms with Crippen LogP contribution in [0.5, 0.6) is 0 Å². The molecule has 4 rings (SSSR count). The predicted molar refractivity (Wildman–Crippen MR) is 90.8 cm³/mol. The number of fused-ring (bicyclic) bond motifs is 2. The Balaban J connectivity index is 1.83. The predicted octanol–water partition coefficient (Wildman–Crippen LogP) is 3.91. The molecular formula is C18H18FN2OP. The number of aromatic nitrogens is 2. The number of allylic oxidation sites excluding steroid dienone is 1. The first-order chi connectivity index (χ1) is 11.1. The minimum Gasteiger partial charge on any atom is -0.294 e. The summed E-state index contributed by atoms with van der Waals surface area (Å²) in [6, 6.07) is 6.34. The van der Waals surface area contributed by atoms with Gasteiger partial charge in [-0.25, -0.2) is 9.07 Å². The van der Waals surface area contributed by atoms with Crippen LogP contribution in [0.15, 0.2) is 36.0 Å². The Kier molecular flexibility index (Phi) is 3.46. The van der Waals surface area contributed by atoms with E-state index in [1.54, 1.807) is 12.1 Å². The average Bonchev–Trinajstić information content (AvgIpc) is 2.95. The fourth-order valence-electron chi connectivity index (χ4n) is 3.88. The van der Waals surface area contributed by atoms with E-state index in [9.17, 15) is 9.18 Å². The van der Waals surface area contributed by atoms with Crippen LogP contribution >= 0.6 is 9.24 Å². The Labute approximate surface area is 136 Å². The van der Waals surface area contributed by atoms with Gasteiger partial charge in [0.25, 0.3) is 0 Å². The van der Waals surface area contributed by atoms with Crippen LogP contribution in [0.3, 0.4) is 0 Å². The molecule has 0 bridgehead atoms. The van der Waals surface area contributed by atoms with Gasteiger partial charge in [0, 0.05) is 0 Å². The highest BCUT2D eigenvalue weighted by Gasteiger charge is 2.44. The van der Waals surface area contributed by atoms with Gasteiger partial charge in [0.15, 0.2) is 5.52 Å². The molecule has 0 radical (unpaired) electrons. The van der Waals surface area contributed by atoms with Gasteiger partial charge in [0.2, 0.25) is 0 Å². The molecule has 1 fully saturated rings. The maximum absolute atomic E-state index is 13.1. The maximum Gasteiger partial charge on any atom is 0.158 e. The molecule has 0 aliphatic heterocycles. The van der Waals surface area contributed by atoms with Gasteiger partial charge in [0.1, 0.15) is 5.82 Å². The van der Waals surface area contributed by atoms with Gasteiger partial charge in [-0.3, -0.25) is 4.79 Å². The molecule has 23 heavy (non-hydrogen) atoms. The number of carbonyl (C=O) groups is 1. The number of hydrogen-bond donors (Lipinski definition) is 0. The zero-order valence-electron chi connectivity index (χ0n) is 12.8. The molecule has 1 aromatic carbocycles. The van der Waals surface area contributed by atoms with Crippen molar-refractivity contribution in [2.75, 3.05) is 0 Å². The van der Waals surface area contributed by atoms with Gasteiger partial charge in [-0.15, -0.1) is 0 Å². The summed E-state index contributed by atoms with van der Waals surface area (Å²) in [7, 11) is 2.39. The van der Waals surface area contributed by atoms with Crippen molar-refractivity contribution >= 4 is 20.8 Å². The third kappa shape index (κ3) is 2.28. The summed E-state index contributed by atoms with van der Waals surface area (Å²) >= 11 is 0. The number of halogens is 1. The van der Waals surface area contributed by atoms with Crippen LogP contribution in [-0.4, -0.2) is 15.3 Å². The van der Waals surface area contributed by atoms with Gasteiger partial charge in [0.05, 0.1) is 23.0 Å². The summed E-state index contributed by atoms with van der Waals surface area (Å²) in [5.41, 5.74) is 4.01. The molecular weight excluding hydrogens is 310 g/mol. The maximum atomic E-state index is 13.1. The number of rotatable bonds is 2. The second-order valence-electron chi connectivity index (χ2n) is 6.44. The highest BCUT2D eigenvalue weighted by Crippen LogP contribution is 2.49. The number of carbonyl (C=O) groups excluding carboxylic acids is 1. The third-order valence-corrected chi connectivity index (χ3v) is 5.70. The zero-order chi connectivity index (χ0) is 16.0. The fraction of sp³-hybridized carbons (Fsp3) is 0.333. The lowest BCUT2D eigenvalue weighted by molar-refractivity contribution is -0.119. The van der Waals surface area contributed by atoms with Crippen molar-refractivity contribution in [3.05, 3.63) is 53.1 Å². The lowest BCUT2D eigenvalue weighted by Crippen LogP contribution is -2.36. The van der Waals surface area contributed by atoms with E-state index in [0.29, 0.717) is 0 Å². The van der Waals surface area contributed by atoms with E-state index in [1.807, 2.05) is 10.9 Å². The van der Waals surface area contributed by atoms with E-state index in [4.69, 9.17) is 0 Å². The van der Waals surface area contributed by atoms with E-state index in [1.165, 1.54) is 17.7 Å². The third-order valence-electron chi connectivity index (χ3n) is 5.15. The molecule has 2 atom stereocenters. The Morgan fingerprint density at radius 1 is 1.26 bits per heavy atom. The molecule has 5 heteroatoms. The first-order valence-corrected chi connectivity index (χ1v) is 8.52. The lowest BCUT2D eigenvalue weighted by atomic mass is 9.65. The minimum absolute atomic E-state index is 0.184. The molecule has 0 spiro atoms. The van der Waals surface area contributed by atoms with E-state index in [2.05, 4.69) is 20.4 Å². The van der Waals surface area contributed by atoms with Crippen molar-refractivity contribution in [1.29, 1.82) is 0 Å². The van der Waals surface area contributed by atoms with Crippen molar-refractivity contribution in [2.24, 2.45) is 5.41 Å². The van der Waals surface area contributed by atoms with Crippen molar-refractivity contribution in [2.45, 2.75) is 32.1 Å². The lowest BCUT2D eigenvalue weighted by Gasteiger charge is -2.40. The summed E-state index contributed by atoms with van der Waals surface area (Å²) in [6.45, 7) is 0. The van der Waals surface area contributed by atoms with Gasteiger partial charge >= 0.3 is 0 Å². The summed E-state index contributed by atoms with van der Waals surface area (Å²) in [4.78, 5) is 12.3. The van der Waals surface area contributed by atoms with Gasteiger partial charge < -0.3 is 0 Å². The Hall–Kier alpha value is -1.80. The van der Waals surface area contributed by atoms with Crippen LogP contribution in [0.2, 0.25) is 0 Å². The fourth-order valence-corrected chi connectivity index (χ4v) is 4.31. The van der Waals surface area contributed by atoms with Crippen LogP contribution in [0.4, 0.5) is 4.39 Å². The second-order valence-corrected chi connectivity index (χ2v) is 6.97. The van der Waals surface area contributed by atoms with Gasteiger partial charge in [-0.05, 0) is 61.6 Å². The first kappa shape index (κ1) is 14.8. The van der Waals surface area contributed by atoms with Gasteiger partial charge in [-0.1, -0.05) is 21.2 Å². The van der Waals surface area contributed by atoms with E-state index in [0.717, 1.165) is 49.0 Å². The molecule has 3 nitrogen and oxygen atoms in total. The molecule has 0 N–H and O–H groups in total. The van der Waals surface area contributed by atoms with Crippen LogP contribution in [-0.2, 0) is 11.2 Å². The topological polar surface area (TPSA) is 34.9 Å². The number of benzene rings is 1. The molecule has 1 aromatic heterocycles. The highest BCUT2D eigenvalue weighted by atomic mass is 31.0. The highest BCUT2D eigenvalue weighted by molar-refractivity contribution is 7.40. The summed E-state index contributed by atoms with van der Waals surface area (Å²) < 4.78 is 15.0. The molecule has 2 aliphatic rings. The van der Waals surface area contributed by atoms with Crippen molar-refractivity contribution in [3.63, 3.8) is 0 Å². The van der Waals surface area contributed by atoms with Crippen LogP contribution in [0.25, 0.3) is 11.8 Å². The normalized spacial score (nSPS) is 23.0. The first-order valence-electron chi connectivity index (χ1n) is 7.94. The van der Waals surface area contributed by atoms with Crippen molar-refractivity contribution in [3.8, 4) is 5.69 Å². The zero-order valence-corrected chi connectivity index (χ0v) is 13.9. The SMILES string of the molecule is O=C(P)C12CCCCC1=Cc1c(cnn1-c1ccc(F)cc1)C2. The van der Waals surface area contributed by atoms with E-state index < -0.39 is 0 Å². The number of hydrogen-bond acceptors (Lipinski definition) is 2. The summed E-state index contributed by atoms with van der Waals surface area (Å²) in [5, 5.41) is 4.48. The molecule has 1 heterocycles. The van der Waals surface area contributed by atoms with Crippen molar-refractivity contribution < 1.29 is 9.18 Å². The second kappa shape index (κ2) is 5.38. The van der Waals surface area contributed by atoms with Crippen LogP contribution < -0.4 is 0 Å². The molecule has 118 valence electrons. The quantitative estimate of drug-likeness (QED) is 0.783. The molecule has 2 aromatic rings. The average molecular weight is 328 g/mol. The summed E-state index contributed by atoms with van der Waals surface area (Å²) in [6.07, 6.45) is 8.81. The standard InChI is InChI=1S/C18H18FN2OP/c19-14-4-6-15(7-5-14)21-16-9-13-3-1-2-8-18(13,17(22)23)10-12(16)11-20-21/h4-7,9,11H,1-3,8,10,23H2. The van der Waals surface area contributed by atoms with Crippen LogP contribution in [0.1, 0.15) is 36.9 Å². The largest absolute Gasteiger partial charge is 0.294 e. The van der Waals surface area contributed by atoms with Gasteiger partial charge in [-0.2, -0.15) is 5.10 Å². The molecule has 2 unspecified atom stereocenters. The van der Waals surface area contributed by atoms with Crippen molar-refractivity contribution in [1.82, 2.24) is 9.78 Å². The monoisotopic (exact) mass is 328 g/mol. The molecule has 0 saturated heterocycles. The Bertz CT molecular complexity index is 809. The van der Waals surface area contributed by atoms with Crippen LogP contribution in [0, 0.1) is 11.2 Å². The number of nitrogens with zero attached hydrogens (tertiary/aromatic N) is 2.